The number of aliphatic imine (C=N–C) groups is 1. The number of ether oxygens (including phenoxy) is 1. The Morgan fingerprint density at radius 1 is 0.970 bits per heavy atom. The van der Waals surface area contributed by atoms with Crippen molar-refractivity contribution in [3.63, 3.8) is 0 Å². The average molecular weight is 464 g/mol. The third-order valence-electron chi connectivity index (χ3n) is 6.80. The van der Waals surface area contributed by atoms with Crippen LogP contribution in [-0.2, 0) is 9.53 Å². The minimum absolute atomic E-state index is 0.0213. The average Bonchev–Trinajstić information content (AvgIpc) is 3.17. The maximum Gasteiger partial charge on any atom is 0.278 e. The predicted octanol–water partition coefficient (Wildman–Crippen LogP) is 5.33. The van der Waals surface area contributed by atoms with E-state index in [1.807, 2.05) is 53.4 Å². The molecule has 0 radical (unpaired) electrons. The van der Waals surface area contributed by atoms with E-state index in [2.05, 4.69) is 17.0 Å². The standard InChI is InChI=1S/C27H30ClN3O2/c28-22-13-11-21(12-14-22)25(30-15-17-33-18-16-30)26-29-24(19-20-7-3-1-4-8-20)27(32)31(26)23-9-5-2-6-10-23/h1,3-4,7-8,11-14,19,23,25H,2,5-6,9-10,15-18H2/b24-19-. The van der Waals surface area contributed by atoms with Gasteiger partial charge in [-0.25, -0.2) is 4.99 Å². The van der Waals surface area contributed by atoms with Crippen LogP contribution in [0.25, 0.3) is 6.08 Å². The van der Waals surface area contributed by atoms with Crippen molar-refractivity contribution in [1.82, 2.24) is 9.80 Å². The van der Waals surface area contributed by atoms with Crippen LogP contribution in [-0.4, -0.2) is 53.9 Å². The summed E-state index contributed by atoms with van der Waals surface area (Å²) >= 11 is 6.21. The van der Waals surface area contributed by atoms with E-state index in [4.69, 9.17) is 21.3 Å². The monoisotopic (exact) mass is 463 g/mol. The van der Waals surface area contributed by atoms with Crippen LogP contribution in [0.2, 0.25) is 5.02 Å². The Labute approximate surface area is 200 Å². The second-order valence-electron chi connectivity index (χ2n) is 8.98. The number of rotatable bonds is 5. The van der Waals surface area contributed by atoms with E-state index >= 15 is 0 Å². The molecule has 0 bridgehead atoms. The maximum atomic E-state index is 13.8. The first-order valence-corrected chi connectivity index (χ1v) is 12.3. The molecule has 1 aliphatic carbocycles. The zero-order valence-electron chi connectivity index (χ0n) is 18.8. The van der Waals surface area contributed by atoms with E-state index < -0.39 is 0 Å². The highest BCUT2D eigenvalue weighted by Crippen LogP contribution is 2.35. The van der Waals surface area contributed by atoms with Gasteiger partial charge in [0.1, 0.15) is 11.5 Å². The lowest BCUT2D eigenvalue weighted by atomic mass is 9.93. The lowest BCUT2D eigenvalue weighted by Gasteiger charge is -2.39. The molecule has 1 saturated heterocycles. The summed E-state index contributed by atoms with van der Waals surface area (Å²) in [7, 11) is 0. The number of halogens is 1. The quantitative estimate of drug-likeness (QED) is 0.563. The number of morpholine rings is 1. The first kappa shape index (κ1) is 22.3. The predicted molar refractivity (Wildman–Crippen MR) is 132 cm³/mol. The summed E-state index contributed by atoms with van der Waals surface area (Å²) in [5.41, 5.74) is 2.62. The molecule has 2 aromatic rings. The smallest absolute Gasteiger partial charge is 0.278 e. The van der Waals surface area contributed by atoms with Crippen LogP contribution in [0.3, 0.4) is 0 Å². The van der Waals surface area contributed by atoms with Crippen LogP contribution in [0.5, 0.6) is 0 Å². The number of nitrogens with zero attached hydrogens (tertiary/aromatic N) is 3. The number of hydrogen-bond donors (Lipinski definition) is 0. The Bertz CT molecular complexity index is 1020. The van der Waals surface area contributed by atoms with Crippen LogP contribution in [0, 0.1) is 0 Å². The molecule has 0 spiro atoms. The molecule has 3 aliphatic rings. The Hall–Kier alpha value is -2.47. The van der Waals surface area contributed by atoms with Crippen molar-refractivity contribution in [2.24, 2.45) is 4.99 Å². The lowest BCUT2D eigenvalue weighted by molar-refractivity contribution is -0.124. The summed E-state index contributed by atoms with van der Waals surface area (Å²) in [5, 5.41) is 0.706. The van der Waals surface area contributed by atoms with Gasteiger partial charge in [-0.2, -0.15) is 0 Å². The fourth-order valence-corrected chi connectivity index (χ4v) is 5.27. The van der Waals surface area contributed by atoms with Gasteiger partial charge in [0.05, 0.1) is 19.3 Å². The largest absolute Gasteiger partial charge is 0.379 e. The lowest BCUT2D eigenvalue weighted by Crippen LogP contribution is -2.50. The maximum absolute atomic E-state index is 13.8. The van der Waals surface area contributed by atoms with Crippen LogP contribution >= 0.6 is 11.6 Å². The molecular formula is C27H30ClN3O2. The molecule has 2 aliphatic heterocycles. The fraction of sp³-hybridized carbons (Fsp3) is 0.407. The summed E-state index contributed by atoms with van der Waals surface area (Å²) in [5.74, 6) is 0.867. The topological polar surface area (TPSA) is 45.1 Å². The molecule has 5 rings (SSSR count). The summed E-state index contributed by atoms with van der Waals surface area (Å²) < 4.78 is 5.64. The van der Waals surface area contributed by atoms with Gasteiger partial charge in [-0.1, -0.05) is 73.3 Å². The zero-order valence-corrected chi connectivity index (χ0v) is 19.6. The van der Waals surface area contributed by atoms with Crippen LogP contribution < -0.4 is 0 Å². The highest BCUT2D eigenvalue weighted by molar-refractivity contribution is 6.30. The molecule has 33 heavy (non-hydrogen) atoms. The molecule has 2 aromatic carbocycles. The summed E-state index contributed by atoms with van der Waals surface area (Å²) in [6.07, 6.45) is 7.52. The number of hydrogen-bond acceptors (Lipinski definition) is 4. The third kappa shape index (κ3) is 4.91. The van der Waals surface area contributed by atoms with Crippen molar-refractivity contribution in [1.29, 1.82) is 0 Å². The van der Waals surface area contributed by atoms with Gasteiger partial charge in [0, 0.05) is 24.2 Å². The minimum atomic E-state index is -0.112. The molecular weight excluding hydrogens is 434 g/mol. The first-order valence-electron chi connectivity index (χ1n) is 12.0. The SMILES string of the molecule is O=C1/C(=C/c2ccccc2)N=C(C(c2ccc(Cl)cc2)N2CCOCC2)N1C1CCCCC1. The summed E-state index contributed by atoms with van der Waals surface area (Å²) in [4.78, 5) is 23.2. The molecule has 2 fully saturated rings. The molecule has 5 nitrogen and oxygen atoms in total. The van der Waals surface area contributed by atoms with E-state index in [-0.39, 0.29) is 18.0 Å². The van der Waals surface area contributed by atoms with Gasteiger partial charge in [-0.05, 0) is 42.2 Å². The number of amidine groups is 1. The zero-order chi connectivity index (χ0) is 22.6. The van der Waals surface area contributed by atoms with E-state index in [9.17, 15) is 4.79 Å². The second kappa shape index (κ2) is 10.2. The van der Waals surface area contributed by atoms with Gasteiger partial charge < -0.3 is 4.74 Å². The van der Waals surface area contributed by atoms with Crippen molar-refractivity contribution < 1.29 is 9.53 Å². The Morgan fingerprint density at radius 2 is 1.67 bits per heavy atom. The molecule has 1 unspecified atom stereocenters. The van der Waals surface area contributed by atoms with E-state index in [0.29, 0.717) is 23.9 Å². The second-order valence-corrected chi connectivity index (χ2v) is 9.42. The van der Waals surface area contributed by atoms with E-state index in [1.54, 1.807) is 0 Å². The fourth-order valence-electron chi connectivity index (χ4n) is 5.14. The molecule has 1 atom stereocenters. The molecule has 0 aromatic heterocycles. The van der Waals surface area contributed by atoms with Gasteiger partial charge in [-0.3, -0.25) is 14.6 Å². The highest BCUT2D eigenvalue weighted by Gasteiger charge is 2.42. The molecule has 172 valence electrons. The van der Waals surface area contributed by atoms with Gasteiger partial charge in [0.2, 0.25) is 0 Å². The first-order chi connectivity index (χ1) is 16.2. The van der Waals surface area contributed by atoms with Gasteiger partial charge in [0.25, 0.3) is 5.91 Å². The van der Waals surface area contributed by atoms with Crippen molar-refractivity contribution in [2.45, 2.75) is 44.2 Å². The van der Waals surface area contributed by atoms with Gasteiger partial charge in [-0.15, -0.1) is 0 Å². The third-order valence-corrected chi connectivity index (χ3v) is 7.06. The van der Waals surface area contributed by atoms with Crippen molar-refractivity contribution >= 4 is 29.4 Å². The number of amides is 1. The summed E-state index contributed by atoms with van der Waals surface area (Å²) in [6.45, 7) is 2.97. The van der Waals surface area contributed by atoms with Crippen molar-refractivity contribution in [2.75, 3.05) is 26.3 Å². The van der Waals surface area contributed by atoms with E-state index in [0.717, 1.165) is 55.7 Å². The minimum Gasteiger partial charge on any atom is -0.379 e. The van der Waals surface area contributed by atoms with Crippen LogP contribution in [0.15, 0.2) is 65.3 Å². The van der Waals surface area contributed by atoms with Gasteiger partial charge >= 0.3 is 0 Å². The number of benzene rings is 2. The van der Waals surface area contributed by atoms with Crippen molar-refractivity contribution in [3.8, 4) is 0 Å². The number of carbonyl (C=O) groups is 1. The molecule has 1 saturated carbocycles. The Morgan fingerprint density at radius 3 is 2.36 bits per heavy atom. The van der Waals surface area contributed by atoms with Crippen molar-refractivity contribution in [3.05, 3.63) is 76.4 Å². The Kier molecular flexibility index (Phi) is 6.91. The normalized spacial score (nSPS) is 22.6. The molecule has 6 heteroatoms. The molecule has 0 N–H and O–H groups in total. The number of carbonyl (C=O) groups excluding carboxylic acids is 1. The van der Waals surface area contributed by atoms with Crippen LogP contribution in [0.4, 0.5) is 0 Å². The van der Waals surface area contributed by atoms with E-state index in [1.165, 1.54) is 6.42 Å². The Balaban J connectivity index is 1.59. The highest BCUT2D eigenvalue weighted by atomic mass is 35.5. The van der Waals surface area contributed by atoms with Crippen LogP contribution in [0.1, 0.15) is 49.3 Å². The molecule has 1 amide bonds. The molecule has 2 heterocycles. The van der Waals surface area contributed by atoms with Gasteiger partial charge in [0.15, 0.2) is 0 Å². The summed E-state index contributed by atoms with van der Waals surface area (Å²) in [6, 6.07) is 18.0.